The Labute approximate surface area is 153 Å². The molecule has 128 valence electrons. The molecule has 0 bridgehead atoms. The number of amides is 2. The van der Waals surface area contributed by atoms with Crippen LogP contribution < -0.4 is 10.6 Å². The molecular formula is C17H16N4O2S2. The van der Waals surface area contributed by atoms with E-state index in [0.717, 1.165) is 11.3 Å². The van der Waals surface area contributed by atoms with Gasteiger partial charge < -0.3 is 10.6 Å². The maximum Gasteiger partial charge on any atom is 0.232 e. The summed E-state index contributed by atoms with van der Waals surface area (Å²) in [7, 11) is 0. The van der Waals surface area contributed by atoms with Gasteiger partial charge in [0.25, 0.3) is 0 Å². The first kappa shape index (κ1) is 17.2. The first-order valence-electron chi connectivity index (χ1n) is 7.58. The Morgan fingerprint density at radius 1 is 0.920 bits per heavy atom. The number of aromatic nitrogens is 2. The molecule has 2 heterocycles. The molecule has 0 aliphatic rings. The van der Waals surface area contributed by atoms with E-state index in [2.05, 4.69) is 20.6 Å². The van der Waals surface area contributed by atoms with Crippen molar-refractivity contribution in [1.29, 1.82) is 0 Å². The first-order valence-corrected chi connectivity index (χ1v) is 9.34. The van der Waals surface area contributed by atoms with E-state index in [1.54, 1.807) is 5.38 Å². The number of carbonyl (C=O) groups excluding carboxylic acids is 2. The lowest BCUT2D eigenvalue weighted by Crippen LogP contribution is -2.15. The summed E-state index contributed by atoms with van der Waals surface area (Å²) in [6, 6.07) is 9.50. The van der Waals surface area contributed by atoms with Crippen molar-refractivity contribution in [2.75, 3.05) is 10.6 Å². The quantitative estimate of drug-likeness (QED) is 0.695. The number of thiazole rings is 2. The lowest BCUT2D eigenvalue weighted by molar-refractivity contribution is -0.116. The minimum Gasteiger partial charge on any atom is -0.302 e. The van der Waals surface area contributed by atoms with Gasteiger partial charge in [-0.25, -0.2) is 9.97 Å². The summed E-state index contributed by atoms with van der Waals surface area (Å²) in [5.74, 6) is -0.309. The summed E-state index contributed by atoms with van der Waals surface area (Å²) in [4.78, 5) is 32.5. The molecule has 0 fully saturated rings. The molecule has 25 heavy (non-hydrogen) atoms. The maximum absolute atomic E-state index is 12.0. The SMILES string of the molecule is Cc1csc(NC(=O)Cc2csc(NC(=O)Cc3ccccc3)n2)n1. The number of hydrogen-bond acceptors (Lipinski definition) is 6. The van der Waals surface area contributed by atoms with E-state index in [9.17, 15) is 9.59 Å². The maximum atomic E-state index is 12.0. The van der Waals surface area contributed by atoms with Gasteiger partial charge in [-0.05, 0) is 12.5 Å². The standard InChI is InChI=1S/C17H16N4O2S2/c1-11-9-24-16(18-11)21-15(23)8-13-10-25-17(19-13)20-14(22)7-12-5-3-2-4-6-12/h2-6,9-10H,7-8H2,1H3,(H,18,21,23)(H,19,20,22). The van der Waals surface area contributed by atoms with Crippen molar-refractivity contribution < 1.29 is 9.59 Å². The second-order valence-corrected chi connectivity index (χ2v) is 7.09. The van der Waals surface area contributed by atoms with Crippen LogP contribution in [0.4, 0.5) is 10.3 Å². The van der Waals surface area contributed by atoms with Crippen LogP contribution in [0.2, 0.25) is 0 Å². The van der Waals surface area contributed by atoms with Crippen molar-refractivity contribution in [1.82, 2.24) is 9.97 Å². The zero-order valence-electron chi connectivity index (χ0n) is 13.5. The Hall–Kier alpha value is -2.58. The van der Waals surface area contributed by atoms with Crippen LogP contribution in [0.15, 0.2) is 41.1 Å². The molecule has 0 aliphatic heterocycles. The smallest absolute Gasteiger partial charge is 0.232 e. The molecule has 2 aromatic heterocycles. The lowest BCUT2D eigenvalue weighted by Gasteiger charge is -2.02. The highest BCUT2D eigenvalue weighted by atomic mass is 32.1. The number of carbonyl (C=O) groups is 2. The van der Waals surface area contributed by atoms with Gasteiger partial charge in [-0.2, -0.15) is 0 Å². The third-order valence-corrected chi connectivity index (χ3v) is 4.89. The topological polar surface area (TPSA) is 84.0 Å². The zero-order valence-corrected chi connectivity index (χ0v) is 15.1. The van der Waals surface area contributed by atoms with Crippen molar-refractivity contribution >= 4 is 44.8 Å². The Bertz CT molecular complexity index is 874. The Morgan fingerprint density at radius 2 is 1.56 bits per heavy atom. The van der Waals surface area contributed by atoms with Crippen LogP contribution in [0, 0.1) is 6.92 Å². The Balaban J connectivity index is 1.51. The highest BCUT2D eigenvalue weighted by Crippen LogP contribution is 2.18. The van der Waals surface area contributed by atoms with Gasteiger partial charge in [0.05, 0.1) is 24.2 Å². The van der Waals surface area contributed by atoms with Gasteiger partial charge in [0, 0.05) is 10.8 Å². The third-order valence-electron chi connectivity index (χ3n) is 3.21. The predicted octanol–water partition coefficient (Wildman–Crippen LogP) is 3.27. The third kappa shape index (κ3) is 5.20. The summed E-state index contributed by atoms with van der Waals surface area (Å²) in [6.45, 7) is 1.87. The molecule has 6 nitrogen and oxygen atoms in total. The van der Waals surface area contributed by atoms with Crippen LogP contribution in [0.1, 0.15) is 17.0 Å². The molecule has 1 aromatic carbocycles. The summed E-state index contributed by atoms with van der Waals surface area (Å²) in [5, 5.41) is 10.2. The number of anilines is 2. The molecule has 0 spiro atoms. The molecule has 0 unspecified atom stereocenters. The van der Waals surface area contributed by atoms with Gasteiger partial charge in [0.15, 0.2) is 10.3 Å². The summed E-state index contributed by atoms with van der Waals surface area (Å²) >= 11 is 2.69. The molecule has 3 aromatic rings. The van der Waals surface area contributed by atoms with E-state index in [1.807, 2.05) is 42.6 Å². The number of hydrogen-bond donors (Lipinski definition) is 2. The van der Waals surface area contributed by atoms with E-state index in [-0.39, 0.29) is 18.2 Å². The van der Waals surface area contributed by atoms with Gasteiger partial charge in [0.2, 0.25) is 11.8 Å². The summed E-state index contributed by atoms with van der Waals surface area (Å²) in [5.41, 5.74) is 2.43. The fourth-order valence-electron chi connectivity index (χ4n) is 2.13. The monoisotopic (exact) mass is 372 g/mol. The Kier molecular flexibility index (Phi) is 5.52. The number of aryl methyl sites for hydroxylation is 1. The van der Waals surface area contributed by atoms with Gasteiger partial charge in [-0.15, -0.1) is 22.7 Å². The average Bonchev–Trinajstić information content (AvgIpc) is 3.17. The minimum absolute atomic E-state index is 0.130. The van der Waals surface area contributed by atoms with Crippen LogP contribution in [-0.2, 0) is 22.4 Å². The molecular weight excluding hydrogens is 356 g/mol. The molecule has 2 amide bonds. The van der Waals surface area contributed by atoms with Crippen LogP contribution in [0.25, 0.3) is 0 Å². The van der Waals surface area contributed by atoms with Crippen LogP contribution in [0.5, 0.6) is 0 Å². The van der Waals surface area contributed by atoms with Gasteiger partial charge in [-0.3, -0.25) is 9.59 Å². The molecule has 0 radical (unpaired) electrons. The Morgan fingerprint density at radius 3 is 2.24 bits per heavy atom. The van der Waals surface area contributed by atoms with Crippen molar-refractivity contribution in [2.24, 2.45) is 0 Å². The molecule has 0 aliphatic carbocycles. The van der Waals surface area contributed by atoms with Crippen molar-refractivity contribution in [2.45, 2.75) is 19.8 Å². The molecule has 8 heteroatoms. The molecule has 0 saturated heterocycles. The van der Waals surface area contributed by atoms with Gasteiger partial charge in [-0.1, -0.05) is 30.3 Å². The number of nitrogens with zero attached hydrogens (tertiary/aromatic N) is 2. The second-order valence-electron chi connectivity index (χ2n) is 5.37. The van der Waals surface area contributed by atoms with E-state index in [1.165, 1.54) is 22.7 Å². The molecule has 3 rings (SSSR count). The van der Waals surface area contributed by atoms with Gasteiger partial charge in [0.1, 0.15) is 0 Å². The fraction of sp³-hybridized carbons (Fsp3) is 0.176. The van der Waals surface area contributed by atoms with E-state index < -0.39 is 0 Å². The molecule has 0 atom stereocenters. The average molecular weight is 372 g/mol. The number of nitrogens with one attached hydrogen (secondary N) is 2. The lowest BCUT2D eigenvalue weighted by atomic mass is 10.1. The van der Waals surface area contributed by atoms with Crippen molar-refractivity contribution in [3.05, 3.63) is 58.0 Å². The fourth-order valence-corrected chi connectivity index (χ4v) is 3.56. The van der Waals surface area contributed by atoms with Crippen molar-refractivity contribution in [3.63, 3.8) is 0 Å². The normalized spacial score (nSPS) is 10.4. The van der Waals surface area contributed by atoms with Crippen molar-refractivity contribution in [3.8, 4) is 0 Å². The van der Waals surface area contributed by atoms with Crippen LogP contribution >= 0.6 is 22.7 Å². The highest BCUT2D eigenvalue weighted by Gasteiger charge is 2.11. The highest BCUT2D eigenvalue weighted by molar-refractivity contribution is 7.14. The number of rotatable bonds is 6. The van der Waals surface area contributed by atoms with E-state index in [4.69, 9.17) is 0 Å². The van der Waals surface area contributed by atoms with Gasteiger partial charge >= 0.3 is 0 Å². The molecule has 2 N–H and O–H groups in total. The predicted molar refractivity (Wildman–Crippen MR) is 100 cm³/mol. The van der Waals surface area contributed by atoms with E-state index in [0.29, 0.717) is 22.4 Å². The summed E-state index contributed by atoms with van der Waals surface area (Å²) < 4.78 is 0. The largest absolute Gasteiger partial charge is 0.302 e. The second kappa shape index (κ2) is 8.00. The first-order chi connectivity index (χ1) is 12.1. The summed E-state index contributed by atoms with van der Waals surface area (Å²) in [6.07, 6.45) is 0.434. The van der Waals surface area contributed by atoms with Crippen LogP contribution in [-0.4, -0.2) is 21.8 Å². The zero-order chi connectivity index (χ0) is 17.6. The van der Waals surface area contributed by atoms with Crippen LogP contribution in [0.3, 0.4) is 0 Å². The minimum atomic E-state index is -0.179. The molecule has 0 saturated carbocycles. The number of benzene rings is 1. The van der Waals surface area contributed by atoms with E-state index >= 15 is 0 Å².